The van der Waals surface area contributed by atoms with Crippen LogP contribution in [0, 0.1) is 11.6 Å². The van der Waals surface area contributed by atoms with E-state index in [1.165, 1.54) is 6.07 Å². The third kappa shape index (κ3) is 2.24. The summed E-state index contributed by atoms with van der Waals surface area (Å²) in [6.45, 7) is 1.71. The normalized spacial score (nSPS) is 11.5. The predicted octanol–water partition coefficient (Wildman–Crippen LogP) is 1.91. The molecule has 0 heterocycles. The van der Waals surface area contributed by atoms with Crippen LogP contribution < -0.4 is 5.43 Å². The second-order valence-corrected chi connectivity index (χ2v) is 2.55. The molecule has 0 saturated carbocycles. The monoisotopic (exact) mass is 184 g/mol. The Balaban J connectivity index is 3.04. The maximum absolute atomic E-state index is 12.7. The van der Waals surface area contributed by atoms with Gasteiger partial charge in [-0.1, -0.05) is 0 Å². The van der Waals surface area contributed by atoms with Crippen molar-refractivity contribution >= 4 is 5.71 Å². The summed E-state index contributed by atoms with van der Waals surface area (Å²) in [5, 5.41) is 3.84. The number of nitrogens with zero attached hydrogens (tertiary/aromatic N) is 1. The first kappa shape index (κ1) is 9.64. The highest BCUT2D eigenvalue weighted by Gasteiger charge is 2.03. The van der Waals surface area contributed by atoms with E-state index in [9.17, 15) is 8.78 Å². The summed E-state index contributed by atoms with van der Waals surface area (Å²) in [5.74, 6) is -1.70. The highest BCUT2D eigenvalue weighted by Crippen LogP contribution is 2.09. The summed E-state index contributed by atoms with van der Waals surface area (Å²) < 4.78 is 25.2. The summed E-state index contributed by atoms with van der Waals surface area (Å²) in [7, 11) is 1.64. The lowest BCUT2D eigenvalue weighted by Gasteiger charge is -2.00. The molecule has 0 radical (unpaired) electrons. The zero-order valence-corrected chi connectivity index (χ0v) is 7.44. The van der Waals surface area contributed by atoms with Gasteiger partial charge in [0, 0.05) is 12.6 Å². The van der Waals surface area contributed by atoms with Crippen LogP contribution in [-0.4, -0.2) is 12.8 Å². The number of nitrogens with one attached hydrogen (secondary N) is 1. The van der Waals surface area contributed by atoms with Crippen molar-refractivity contribution in [2.75, 3.05) is 7.05 Å². The third-order valence-corrected chi connectivity index (χ3v) is 1.62. The molecule has 0 bridgehead atoms. The average molecular weight is 184 g/mol. The SMILES string of the molecule is CN/N=C(/C)c1ccc(F)c(F)c1. The molecule has 0 fully saturated rings. The number of halogens is 2. The van der Waals surface area contributed by atoms with Crippen LogP contribution in [0.1, 0.15) is 12.5 Å². The summed E-state index contributed by atoms with van der Waals surface area (Å²) in [5.41, 5.74) is 3.75. The molecule has 1 rings (SSSR count). The molecule has 0 saturated heterocycles. The number of hydrazone groups is 1. The highest BCUT2D eigenvalue weighted by molar-refractivity contribution is 5.98. The van der Waals surface area contributed by atoms with Crippen LogP contribution in [0.4, 0.5) is 8.78 Å². The number of hydrogen-bond acceptors (Lipinski definition) is 2. The first-order valence-electron chi connectivity index (χ1n) is 3.81. The minimum Gasteiger partial charge on any atom is -0.313 e. The van der Waals surface area contributed by atoms with Crippen molar-refractivity contribution in [3.63, 3.8) is 0 Å². The molecule has 1 N–H and O–H groups in total. The van der Waals surface area contributed by atoms with E-state index in [1.54, 1.807) is 14.0 Å². The van der Waals surface area contributed by atoms with Crippen molar-refractivity contribution in [1.29, 1.82) is 0 Å². The van der Waals surface area contributed by atoms with E-state index in [4.69, 9.17) is 0 Å². The predicted molar refractivity (Wildman–Crippen MR) is 47.6 cm³/mol. The molecule has 4 heteroatoms. The molecule has 0 amide bonds. The van der Waals surface area contributed by atoms with Gasteiger partial charge in [0.05, 0.1) is 5.71 Å². The van der Waals surface area contributed by atoms with Crippen LogP contribution >= 0.6 is 0 Å². The number of benzene rings is 1. The van der Waals surface area contributed by atoms with Gasteiger partial charge in [0.1, 0.15) is 0 Å². The van der Waals surface area contributed by atoms with Gasteiger partial charge in [-0.3, -0.25) is 0 Å². The van der Waals surface area contributed by atoms with Crippen molar-refractivity contribution < 1.29 is 8.78 Å². The molecule has 0 aromatic heterocycles. The van der Waals surface area contributed by atoms with Gasteiger partial charge in [0.15, 0.2) is 11.6 Å². The zero-order valence-electron chi connectivity index (χ0n) is 7.44. The lowest BCUT2D eigenvalue weighted by molar-refractivity contribution is 0.508. The van der Waals surface area contributed by atoms with E-state index >= 15 is 0 Å². The van der Waals surface area contributed by atoms with Gasteiger partial charge in [-0.2, -0.15) is 5.10 Å². The Morgan fingerprint density at radius 1 is 1.31 bits per heavy atom. The maximum Gasteiger partial charge on any atom is 0.159 e. The molecular formula is C9H10F2N2. The summed E-state index contributed by atoms with van der Waals surface area (Å²) in [6, 6.07) is 3.68. The molecule has 0 atom stereocenters. The van der Waals surface area contributed by atoms with Crippen LogP contribution in [0.5, 0.6) is 0 Å². The molecule has 0 aliphatic carbocycles. The maximum atomic E-state index is 12.7. The highest BCUT2D eigenvalue weighted by atomic mass is 19.2. The molecule has 1 aromatic rings. The van der Waals surface area contributed by atoms with E-state index in [2.05, 4.69) is 10.5 Å². The number of hydrogen-bond donors (Lipinski definition) is 1. The molecule has 13 heavy (non-hydrogen) atoms. The lowest BCUT2D eigenvalue weighted by Crippen LogP contribution is -2.03. The van der Waals surface area contributed by atoms with Gasteiger partial charge >= 0.3 is 0 Å². The van der Waals surface area contributed by atoms with E-state index in [1.807, 2.05) is 0 Å². The van der Waals surface area contributed by atoms with E-state index in [0.29, 0.717) is 11.3 Å². The fourth-order valence-corrected chi connectivity index (χ4v) is 0.953. The molecule has 0 unspecified atom stereocenters. The minimum atomic E-state index is -0.858. The van der Waals surface area contributed by atoms with Crippen LogP contribution in [0.25, 0.3) is 0 Å². The smallest absolute Gasteiger partial charge is 0.159 e. The van der Waals surface area contributed by atoms with Gasteiger partial charge in [-0.15, -0.1) is 0 Å². The molecule has 70 valence electrons. The Hall–Kier alpha value is -1.45. The quantitative estimate of drug-likeness (QED) is 0.551. The Morgan fingerprint density at radius 2 is 2.00 bits per heavy atom. The third-order valence-electron chi connectivity index (χ3n) is 1.62. The van der Waals surface area contributed by atoms with E-state index < -0.39 is 11.6 Å². The fraction of sp³-hybridized carbons (Fsp3) is 0.222. The van der Waals surface area contributed by atoms with Crippen LogP contribution in [0.3, 0.4) is 0 Å². The van der Waals surface area contributed by atoms with Crippen molar-refractivity contribution in [1.82, 2.24) is 5.43 Å². The molecule has 2 nitrogen and oxygen atoms in total. The van der Waals surface area contributed by atoms with Gasteiger partial charge in [-0.05, 0) is 25.1 Å². The van der Waals surface area contributed by atoms with Crippen LogP contribution in [0.15, 0.2) is 23.3 Å². The zero-order chi connectivity index (χ0) is 9.84. The van der Waals surface area contributed by atoms with E-state index in [0.717, 1.165) is 12.1 Å². The van der Waals surface area contributed by atoms with Crippen molar-refractivity contribution in [2.24, 2.45) is 5.10 Å². The van der Waals surface area contributed by atoms with Gasteiger partial charge in [-0.25, -0.2) is 8.78 Å². The van der Waals surface area contributed by atoms with Crippen LogP contribution in [0.2, 0.25) is 0 Å². The van der Waals surface area contributed by atoms with Crippen molar-refractivity contribution in [3.8, 4) is 0 Å². The molecule has 0 aliphatic heterocycles. The van der Waals surface area contributed by atoms with Crippen LogP contribution in [-0.2, 0) is 0 Å². The van der Waals surface area contributed by atoms with Gasteiger partial charge < -0.3 is 5.43 Å². The summed E-state index contributed by atoms with van der Waals surface area (Å²) >= 11 is 0. The molecular weight excluding hydrogens is 174 g/mol. The molecule has 1 aromatic carbocycles. The Labute approximate surface area is 75.3 Å². The largest absolute Gasteiger partial charge is 0.313 e. The summed E-state index contributed by atoms with van der Waals surface area (Å²) in [6.07, 6.45) is 0. The number of rotatable bonds is 2. The van der Waals surface area contributed by atoms with Gasteiger partial charge in [0.25, 0.3) is 0 Å². The standard InChI is InChI=1S/C9H10F2N2/c1-6(13-12-2)7-3-4-8(10)9(11)5-7/h3-5,12H,1-2H3/b13-6-. The van der Waals surface area contributed by atoms with Crippen molar-refractivity contribution in [3.05, 3.63) is 35.4 Å². The molecule has 0 spiro atoms. The Kier molecular flexibility index (Phi) is 2.95. The summed E-state index contributed by atoms with van der Waals surface area (Å²) in [4.78, 5) is 0. The van der Waals surface area contributed by atoms with Crippen molar-refractivity contribution in [2.45, 2.75) is 6.92 Å². The first-order valence-corrected chi connectivity index (χ1v) is 3.81. The average Bonchev–Trinajstić information content (AvgIpc) is 2.10. The van der Waals surface area contributed by atoms with E-state index in [-0.39, 0.29) is 0 Å². The lowest BCUT2D eigenvalue weighted by atomic mass is 10.1. The Morgan fingerprint density at radius 3 is 2.54 bits per heavy atom. The second kappa shape index (κ2) is 3.98. The second-order valence-electron chi connectivity index (χ2n) is 2.55. The Bertz CT molecular complexity index is 334. The first-order chi connectivity index (χ1) is 6.15. The van der Waals surface area contributed by atoms with Gasteiger partial charge in [0.2, 0.25) is 0 Å². The molecule has 0 aliphatic rings. The fourth-order valence-electron chi connectivity index (χ4n) is 0.953. The minimum absolute atomic E-state index is 0.563. The topological polar surface area (TPSA) is 24.4 Å².